The molecule has 0 fully saturated rings. The van der Waals surface area contributed by atoms with Crippen LogP contribution in [0.15, 0.2) is 29.2 Å². The minimum atomic E-state index is -3.44. The summed E-state index contributed by atoms with van der Waals surface area (Å²) in [6, 6.07) is 6.49. The van der Waals surface area contributed by atoms with E-state index < -0.39 is 10.0 Å². The van der Waals surface area contributed by atoms with Crippen LogP contribution in [0.25, 0.3) is 0 Å². The van der Waals surface area contributed by atoms with Crippen molar-refractivity contribution in [2.24, 2.45) is 0 Å². The molecule has 1 aromatic rings. The third kappa shape index (κ3) is 6.48. The molecule has 0 radical (unpaired) electrons. The van der Waals surface area contributed by atoms with Crippen LogP contribution in [-0.2, 0) is 10.0 Å². The lowest BCUT2D eigenvalue weighted by Gasteiger charge is -2.14. The summed E-state index contributed by atoms with van der Waals surface area (Å²) < 4.78 is 32.5. The topological polar surface area (TPSA) is 55.4 Å². The van der Waals surface area contributed by atoms with Gasteiger partial charge in [0.2, 0.25) is 10.0 Å². The first-order chi connectivity index (χ1) is 9.99. The van der Waals surface area contributed by atoms with Crippen LogP contribution in [0.2, 0.25) is 0 Å². The van der Waals surface area contributed by atoms with Gasteiger partial charge in [0.1, 0.15) is 5.75 Å². The molecule has 0 heterocycles. The maximum Gasteiger partial charge on any atom is 0.240 e. The van der Waals surface area contributed by atoms with Gasteiger partial charge in [-0.05, 0) is 44.5 Å². The van der Waals surface area contributed by atoms with Gasteiger partial charge in [0.05, 0.1) is 11.5 Å². The molecule has 1 N–H and O–H groups in total. The largest absolute Gasteiger partial charge is 0.494 e. The zero-order chi connectivity index (χ0) is 15.7. The van der Waals surface area contributed by atoms with Crippen molar-refractivity contribution in [1.82, 2.24) is 4.72 Å². The monoisotopic (exact) mass is 313 g/mol. The van der Waals surface area contributed by atoms with Gasteiger partial charge in [0.25, 0.3) is 0 Å². The molecule has 1 atom stereocenters. The van der Waals surface area contributed by atoms with E-state index in [9.17, 15) is 8.42 Å². The zero-order valence-corrected chi connectivity index (χ0v) is 14.1. The Hall–Kier alpha value is -1.07. The van der Waals surface area contributed by atoms with Gasteiger partial charge in [-0.3, -0.25) is 0 Å². The number of unbranched alkanes of at least 4 members (excludes halogenated alkanes) is 3. The van der Waals surface area contributed by atoms with E-state index in [-0.39, 0.29) is 10.9 Å². The summed E-state index contributed by atoms with van der Waals surface area (Å²) in [4.78, 5) is 0.284. The van der Waals surface area contributed by atoms with E-state index in [1.54, 1.807) is 24.3 Å². The van der Waals surface area contributed by atoms with Gasteiger partial charge < -0.3 is 4.74 Å². The van der Waals surface area contributed by atoms with Crippen molar-refractivity contribution < 1.29 is 13.2 Å². The first-order valence-electron chi connectivity index (χ1n) is 7.74. The molecule has 5 heteroatoms. The van der Waals surface area contributed by atoms with Gasteiger partial charge in [-0.25, -0.2) is 13.1 Å². The van der Waals surface area contributed by atoms with Crippen molar-refractivity contribution in [3.8, 4) is 5.75 Å². The lowest BCUT2D eigenvalue weighted by atomic mass is 10.1. The summed E-state index contributed by atoms with van der Waals surface area (Å²) in [6.07, 6.45) is 5.48. The van der Waals surface area contributed by atoms with Crippen LogP contribution in [0.5, 0.6) is 5.75 Å². The van der Waals surface area contributed by atoms with Gasteiger partial charge in [0, 0.05) is 6.04 Å². The van der Waals surface area contributed by atoms with Gasteiger partial charge in [-0.2, -0.15) is 0 Å². The van der Waals surface area contributed by atoms with E-state index in [0.717, 1.165) is 19.3 Å². The average molecular weight is 313 g/mol. The predicted octanol–water partition coefficient (Wildman–Crippen LogP) is 3.72. The molecule has 0 saturated heterocycles. The van der Waals surface area contributed by atoms with Crippen molar-refractivity contribution >= 4 is 10.0 Å². The third-order valence-electron chi connectivity index (χ3n) is 3.29. The summed E-state index contributed by atoms with van der Waals surface area (Å²) in [5.74, 6) is 0.684. The average Bonchev–Trinajstić information content (AvgIpc) is 2.44. The summed E-state index contributed by atoms with van der Waals surface area (Å²) in [6.45, 7) is 6.54. The molecule has 0 spiro atoms. The van der Waals surface area contributed by atoms with Crippen LogP contribution in [0.1, 0.15) is 52.9 Å². The molecule has 4 nitrogen and oxygen atoms in total. The fraction of sp³-hybridized carbons (Fsp3) is 0.625. The fourth-order valence-electron chi connectivity index (χ4n) is 2.15. The highest BCUT2D eigenvalue weighted by Gasteiger charge is 2.17. The Morgan fingerprint density at radius 3 is 2.33 bits per heavy atom. The predicted molar refractivity (Wildman–Crippen MR) is 86.2 cm³/mol. The van der Waals surface area contributed by atoms with Gasteiger partial charge in [-0.1, -0.05) is 32.6 Å². The Morgan fingerprint density at radius 2 is 1.76 bits per heavy atom. The van der Waals surface area contributed by atoms with Crippen LogP contribution in [-0.4, -0.2) is 21.1 Å². The number of hydrogen-bond acceptors (Lipinski definition) is 3. The fourth-order valence-corrected chi connectivity index (χ4v) is 3.43. The van der Waals surface area contributed by atoms with Crippen molar-refractivity contribution in [3.05, 3.63) is 24.3 Å². The number of ether oxygens (including phenoxy) is 1. The number of sulfonamides is 1. The van der Waals surface area contributed by atoms with E-state index in [4.69, 9.17) is 4.74 Å². The Balaban J connectivity index is 2.55. The Bertz CT molecular complexity index is 497. The molecular weight excluding hydrogens is 286 g/mol. The van der Waals surface area contributed by atoms with Crippen LogP contribution in [0.4, 0.5) is 0 Å². The second-order valence-electron chi connectivity index (χ2n) is 5.28. The maximum absolute atomic E-state index is 12.2. The SMILES string of the molecule is CCCCCCC(C)NS(=O)(=O)c1ccc(OCC)cc1. The summed E-state index contributed by atoms with van der Waals surface area (Å²) >= 11 is 0. The second-order valence-corrected chi connectivity index (χ2v) is 6.99. The van der Waals surface area contributed by atoms with Gasteiger partial charge in [0.15, 0.2) is 0 Å². The number of nitrogens with one attached hydrogen (secondary N) is 1. The van der Waals surface area contributed by atoms with E-state index >= 15 is 0 Å². The van der Waals surface area contributed by atoms with Crippen LogP contribution in [0.3, 0.4) is 0 Å². The molecule has 120 valence electrons. The summed E-state index contributed by atoms with van der Waals surface area (Å²) in [7, 11) is -3.44. The molecule has 0 aromatic heterocycles. The lowest BCUT2D eigenvalue weighted by Crippen LogP contribution is -2.32. The molecule has 0 aliphatic heterocycles. The van der Waals surface area contributed by atoms with Gasteiger partial charge >= 0.3 is 0 Å². The zero-order valence-electron chi connectivity index (χ0n) is 13.3. The first-order valence-corrected chi connectivity index (χ1v) is 9.23. The van der Waals surface area contributed by atoms with Crippen molar-refractivity contribution in [1.29, 1.82) is 0 Å². The van der Waals surface area contributed by atoms with Crippen molar-refractivity contribution in [2.45, 2.75) is 63.8 Å². The summed E-state index contributed by atoms with van der Waals surface area (Å²) in [5, 5.41) is 0. The van der Waals surface area contributed by atoms with E-state index in [1.165, 1.54) is 12.8 Å². The maximum atomic E-state index is 12.2. The number of hydrogen-bond donors (Lipinski definition) is 1. The minimum absolute atomic E-state index is 0.0431. The van der Waals surface area contributed by atoms with Crippen molar-refractivity contribution in [2.75, 3.05) is 6.61 Å². The molecule has 1 rings (SSSR count). The molecule has 0 aliphatic rings. The minimum Gasteiger partial charge on any atom is -0.494 e. The molecule has 0 amide bonds. The molecule has 0 bridgehead atoms. The number of benzene rings is 1. The van der Waals surface area contributed by atoms with Crippen LogP contribution in [0, 0.1) is 0 Å². The molecule has 21 heavy (non-hydrogen) atoms. The number of rotatable bonds is 10. The normalized spacial score (nSPS) is 13.1. The highest BCUT2D eigenvalue weighted by atomic mass is 32.2. The highest BCUT2D eigenvalue weighted by molar-refractivity contribution is 7.89. The molecule has 1 unspecified atom stereocenters. The Morgan fingerprint density at radius 1 is 1.10 bits per heavy atom. The molecule has 0 saturated carbocycles. The Kier molecular flexibility index (Phi) is 7.75. The van der Waals surface area contributed by atoms with E-state index in [1.807, 2.05) is 13.8 Å². The van der Waals surface area contributed by atoms with Crippen molar-refractivity contribution in [3.63, 3.8) is 0 Å². The molecular formula is C16H27NO3S. The second kappa shape index (κ2) is 9.05. The van der Waals surface area contributed by atoms with Crippen LogP contribution < -0.4 is 9.46 Å². The van der Waals surface area contributed by atoms with Crippen LogP contribution >= 0.6 is 0 Å². The quantitative estimate of drug-likeness (QED) is 0.670. The van der Waals surface area contributed by atoms with Gasteiger partial charge in [-0.15, -0.1) is 0 Å². The third-order valence-corrected chi connectivity index (χ3v) is 4.90. The standard InChI is InChI=1S/C16H27NO3S/c1-4-6-7-8-9-14(3)17-21(18,19)16-12-10-15(11-13-16)20-5-2/h10-14,17H,4-9H2,1-3H3. The first kappa shape index (κ1) is 18.0. The van der Waals surface area contributed by atoms with E-state index in [2.05, 4.69) is 11.6 Å². The highest BCUT2D eigenvalue weighted by Crippen LogP contribution is 2.16. The molecule has 1 aromatic carbocycles. The lowest BCUT2D eigenvalue weighted by molar-refractivity contribution is 0.340. The molecule has 0 aliphatic carbocycles. The van der Waals surface area contributed by atoms with E-state index in [0.29, 0.717) is 12.4 Å². The Labute approximate surface area is 129 Å². The smallest absolute Gasteiger partial charge is 0.240 e. The summed E-state index contributed by atoms with van der Waals surface area (Å²) in [5.41, 5.74) is 0.